The molecule has 2 aromatic rings. The van der Waals surface area contributed by atoms with E-state index in [0.717, 1.165) is 29.8 Å². The highest BCUT2D eigenvalue weighted by molar-refractivity contribution is 5.92. The molecule has 1 aliphatic carbocycles. The number of hydrogen-bond acceptors (Lipinski definition) is 6. The number of amides is 1. The fraction of sp³-hybridized carbons (Fsp3) is 0.484. The molecule has 0 unspecified atom stereocenters. The highest BCUT2D eigenvalue weighted by Gasteiger charge is 2.40. The Bertz CT molecular complexity index is 1100. The van der Waals surface area contributed by atoms with Gasteiger partial charge >= 0.3 is 5.97 Å². The van der Waals surface area contributed by atoms with Gasteiger partial charge in [0.05, 0.1) is 25.2 Å². The lowest BCUT2D eigenvalue weighted by atomic mass is 9.89. The first-order valence-corrected chi connectivity index (χ1v) is 13.8. The van der Waals surface area contributed by atoms with Crippen molar-refractivity contribution >= 4 is 17.6 Å². The number of ether oxygens (including phenoxy) is 2. The normalized spacial score (nSPS) is 23.6. The number of nitrogens with one attached hydrogen (secondary N) is 1. The number of aliphatic carboxylic acids is 1. The number of rotatable bonds is 12. The number of carbonyl (C=O) groups excluding carboxylic acids is 1. The Morgan fingerprint density at radius 1 is 1.03 bits per heavy atom. The van der Waals surface area contributed by atoms with E-state index < -0.39 is 12.3 Å². The van der Waals surface area contributed by atoms with Gasteiger partial charge < -0.3 is 25.0 Å². The third-order valence-electron chi connectivity index (χ3n) is 7.78. The maximum absolute atomic E-state index is 12.0. The van der Waals surface area contributed by atoms with Crippen molar-refractivity contribution in [3.8, 4) is 0 Å². The lowest BCUT2D eigenvalue weighted by Crippen LogP contribution is -2.47. The maximum Gasteiger partial charge on any atom is 0.303 e. The molecule has 210 valence electrons. The molecule has 39 heavy (non-hydrogen) atoms. The zero-order valence-corrected chi connectivity index (χ0v) is 22.6. The first-order chi connectivity index (χ1) is 18.9. The minimum atomic E-state index is -1.00. The second-order valence-electron chi connectivity index (χ2n) is 10.6. The molecule has 1 heterocycles. The van der Waals surface area contributed by atoms with Crippen molar-refractivity contribution in [2.75, 3.05) is 18.4 Å². The van der Waals surface area contributed by atoms with E-state index in [1.54, 1.807) is 12.1 Å². The van der Waals surface area contributed by atoms with Crippen LogP contribution in [0.25, 0.3) is 0 Å². The quantitative estimate of drug-likeness (QED) is 0.320. The lowest BCUT2D eigenvalue weighted by molar-refractivity contribution is -0.276. The number of nitrogens with zero attached hydrogens (tertiary/aromatic N) is 1. The molecule has 3 N–H and O–H groups in total. The Kier molecular flexibility index (Phi) is 10.3. The summed E-state index contributed by atoms with van der Waals surface area (Å²) in [5.74, 6) is -1.26. The number of carboxylic acids is 1. The van der Waals surface area contributed by atoms with Crippen LogP contribution in [0.2, 0.25) is 0 Å². The number of carbonyl (C=O) groups is 2. The van der Waals surface area contributed by atoms with Gasteiger partial charge in [0.15, 0.2) is 6.29 Å². The molecule has 8 nitrogen and oxygen atoms in total. The predicted molar refractivity (Wildman–Crippen MR) is 149 cm³/mol. The monoisotopic (exact) mass is 536 g/mol. The number of benzene rings is 2. The van der Waals surface area contributed by atoms with Crippen LogP contribution in [0, 0.1) is 5.92 Å². The van der Waals surface area contributed by atoms with Gasteiger partial charge in [-0.15, -0.1) is 6.58 Å². The fourth-order valence-electron chi connectivity index (χ4n) is 5.53. The van der Waals surface area contributed by atoms with Gasteiger partial charge in [-0.05, 0) is 36.1 Å². The number of anilines is 1. The molecule has 0 spiro atoms. The van der Waals surface area contributed by atoms with Crippen LogP contribution >= 0.6 is 0 Å². The van der Waals surface area contributed by atoms with Crippen molar-refractivity contribution < 1.29 is 29.3 Å². The second kappa shape index (κ2) is 13.8. The highest BCUT2D eigenvalue weighted by atomic mass is 16.7. The van der Waals surface area contributed by atoms with Gasteiger partial charge in [-0.2, -0.15) is 0 Å². The summed E-state index contributed by atoms with van der Waals surface area (Å²) in [6, 6.07) is 15.7. The minimum absolute atomic E-state index is 0.00713. The van der Waals surface area contributed by atoms with Gasteiger partial charge in [-0.1, -0.05) is 62.2 Å². The van der Waals surface area contributed by atoms with E-state index in [1.807, 2.05) is 42.5 Å². The van der Waals surface area contributed by atoms with Gasteiger partial charge in [-0.25, -0.2) is 0 Å². The highest BCUT2D eigenvalue weighted by Crippen LogP contribution is 2.42. The first kappa shape index (κ1) is 29.0. The second-order valence-corrected chi connectivity index (χ2v) is 10.6. The molecule has 1 aliphatic heterocycles. The fourth-order valence-corrected chi connectivity index (χ4v) is 5.53. The van der Waals surface area contributed by atoms with Crippen LogP contribution in [0.15, 0.2) is 61.2 Å². The number of hydrogen-bond donors (Lipinski definition) is 3. The van der Waals surface area contributed by atoms with Crippen molar-refractivity contribution in [1.82, 2.24) is 4.90 Å². The zero-order valence-electron chi connectivity index (χ0n) is 22.6. The molecule has 4 atom stereocenters. The van der Waals surface area contributed by atoms with Crippen molar-refractivity contribution in [1.29, 1.82) is 0 Å². The Balaban J connectivity index is 1.54. The number of aliphatic hydroxyl groups excluding tert-OH is 1. The van der Waals surface area contributed by atoms with Crippen LogP contribution in [0.4, 0.5) is 5.69 Å². The summed E-state index contributed by atoms with van der Waals surface area (Å²) in [4.78, 5) is 25.3. The van der Waals surface area contributed by atoms with Crippen LogP contribution in [0.1, 0.15) is 74.5 Å². The van der Waals surface area contributed by atoms with Gasteiger partial charge in [0.1, 0.15) is 0 Å². The van der Waals surface area contributed by atoms with E-state index in [4.69, 9.17) is 14.6 Å². The van der Waals surface area contributed by atoms with Crippen molar-refractivity contribution in [3.05, 3.63) is 77.9 Å². The Morgan fingerprint density at radius 2 is 1.69 bits per heavy atom. The minimum Gasteiger partial charge on any atom is -0.481 e. The maximum atomic E-state index is 12.0. The SMILES string of the molecule is C=CCN(C[C@H]1O[C@@H](c2ccc(NC(=O)CCC(=O)O)cc2)O[C@@H](c2ccc(CO)cc2)[C@H]1C)C1CCCC1. The van der Waals surface area contributed by atoms with Gasteiger partial charge in [-0.3, -0.25) is 14.5 Å². The van der Waals surface area contributed by atoms with Crippen molar-refractivity contribution in [2.45, 2.75) is 76.6 Å². The molecule has 1 amide bonds. The molecule has 0 bridgehead atoms. The van der Waals surface area contributed by atoms with E-state index in [-0.39, 0.29) is 43.5 Å². The Morgan fingerprint density at radius 3 is 2.31 bits per heavy atom. The molecule has 4 rings (SSSR count). The van der Waals surface area contributed by atoms with E-state index in [0.29, 0.717) is 11.7 Å². The standard InChI is InChI=1S/C31H40N2O6/c1-3-18-33(26-6-4-5-7-26)19-27-21(2)30(23-10-8-22(20-34)9-11-23)39-31(38-27)24-12-14-25(15-13-24)32-28(35)16-17-29(36)37/h3,8-15,21,26-27,30-31,34H,1,4-7,16-20H2,2H3,(H,32,35)(H,36,37)/t21-,27+,30+,31+/m0/s1. The summed E-state index contributed by atoms with van der Waals surface area (Å²) in [6.07, 6.45) is 5.69. The third-order valence-corrected chi connectivity index (χ3v) is 7.78. The molecule has 2 aliphatic rings. The van der Waals surface area contributed by atoms with Crippen LogP contribution < -0.4 is 5.32 Å². The van der Waals surface area contributed by atoms with Crippen LogP contribution in [-0.4, -0.2) is 52.2 Å². The molecular weight excluding hydrogens is 496 g/mol. The van der Waals surface area contributed by atoms with Gasteiger partial charge in [0.25, 0.3) is 0 Å². The topological polar surface area (TPSA) is 108 Å². The lowest BCUT2D eigenvalue weighted by Gasteiger charge is -2.43. The van der Waals surface area contributed by atoms with Gasteiger partial charge in [0.2, 0.25) is 5.91 Å². The number of carboxylic acid groups (broad SMARTS) is 1. The average molecular weight is 537 g/mol. The van der Waals surface area contributed by atoms with E-state index in [2.05, 4.69) is 23.7 Å². The van der Waals surface area contributed by atoms with Crippen LogP contribution in [-0.2, 0) is 25.7 Å². The first-order valence-electron chi connectivity index (χ1n) is 13.8. The molecule has 8 heteroatoms. The summed E-state index contributed by atoms with van der Waals surface area (Å²) in [6.45, 7) is 7.74. The molecule has 0 radical (unpaired) electrons. The van der Waals surface area contributed by atoms with E-state index in [9.17, 15) is 14.7 Å². The molecule has 2 aromatic carbocycles. The predicted octanol–water partition coefficient (Wildman–Crippen LogP) is 5.20. The third kappa shape index (κ3) is 7.76. The molecule has 1 saturated heterocycles. The van der Waals surface area contributed by atoms with Crippen molar-refractivity contribution in [2.24, 2.45) is 5.92 Å². The van der Waals surface area contributed by atoms with Crippen LogP contribution in [0.5, 0.6) is 0 Å². The summed E-state index contributed by atoms with van der Waals surface area (Å²) in [5.41, 5.74) is 3.32. The molecule has 2 fully saturated rings. The average Bonchev–Trinajstić information content (AvgIpc) is 3.48. The summed E-state index contributed by atoms with van der Waals surface area (Å²) < 4.78 is 13.2. The number of aliphatic hydroxyl groups is 1. The Labute approximate surface area is 230 Å². The van der Waals surface area contributed by atoms with E-state index >= 15 is 0 Å². The summed E-state index contributed by atoms with van der Waals surface area (Å²) in [5, 5.41) is 21.0. The Hall–Kier alpha value is -3.04. The summed E-state index contributed by atoms with van der Waals surface area (Å²) in [7, 11) is 0. The zero-order chi connectivity index (χ0) is 27.8. The summed E-state index contributed by atoms with van der Waals surface area (Å²) >= 11 is 0. The largest absolute Gasteiger partial charge is 0.481 e. The molecular formula is C31H40N2O6. The van der Waals surface area contributed by atoms with Crippen LogP contribution in [0.3, 0.4) is 0 Å². The van der Waals surface area contributed by atoms with Gasteiger partial charge in [0, 0.05) is 42.7 Å². The van der Waals surface area contributed by atoms with E-state index in [1.165, 1.54) is 25.7 Å². The molecule has 1 saturated carbocycles. The smallest absolute Gasteiger partial charge is 0.303 e. The molecule has 0 aromatic heterocycles. The van der Waals surface area contributed by atoms with Crippen molar-refractivity contribution in [3.63, 3.8) is 0 Å².